The van der Waals surface area contributed by atoms with Gasteiger partial charge in [0.05, 0.1) is 17.3 Å². The Morgan fingerprint density at radius 3 is 2.36 bits per heavy atom. The second-order valence-corrected chi connectivity index (χ2v) is 7.94. The molecule has 0 fully saturated rings. The van der Waals surface area contributed by atoms with Crippen LogP contribution < -0.4 is 16.8 Å². The van der Waals surface area contributed by atoms with Gasteiger partial charge in [-0.25, -0.2) is 0 Å². The zero-order chi connectivity index (χ0) is 20.7. The molecule has 0 spiro atoms. The molecule has 28 heavy (non-hydrogen) atoms. The van der Waals surface area contributed by atoms with E-state index in [0.29, 0.717) is 5.57 Å². The van der Waals surface area contributed by atoms with Crippen molar-refractivity contribution in [1.82, 2.24) is 5.32 Å². The van der Waals surface area contributed by atoms with Crippen molar-refractivity contribution in [1.29, 1.82) is 15.8 Å². The number of allylic oxidation sites excluding steroid dienone is 2. The molecule has 0 aliphatic carbocycles. The first-order valence-corrected chi connectivity index (χ1v) is 9.72. The lowest BCUT2D eigenvalue weighted by Gasteiger charge is -2.23. The molecule has 5 N–H and O–H groups in total. The van der Waals surface area contributed by atoms with Crippen molar-refractivity contribution >= 4 is 11.8 Å². The number of hydrogen-bond donors (Lipinski definition) is 3. The molecule has 2 rings (SSSR count). The van der Waals surface area contributed by atoms with Crippen LogP contribution in [0.15, 0.2) is 64.9 Å². The van der Waals surface area contributed by atoms with Gasteiger partial charge in [0, 0.05) is 16.7 Å². The molecule has 4 unspecified atom stereocenters. The highest BCUT2D eigenvalue weighted by molar-refractivity contribution is 8.00. The summed E-state index contributed by atoms with van der Waals surface area (Å²) in [5.74, 6) is 0. The molecule has 1 aromatic carbocycles. The van der Waals surface area contributed by atoms with E-state index < -0.39 is 0 Å². The van der Waals surface area contributed by atoms with Gasteiger partial charge in [0.2, 0.25) is 0 Å². The van der Waals surface area contributed by atoms with Crippen LogP contribution >= 0.6 is 11.8 Å². The monoisotopic (exact) mass is 390 g/mol. The molecule has 1 aliphatic rings. The molecule has 6 nitrogen and oxygen atoms in total. The van der Waals surface area contributed by atoms with E-state index in [1.807, 2.05) is 68.5 Å². The smallest absolute Gasteiger partial charge is 0.154 e. The van der Waals surface area contributed by atoms with E-state index in [0.717, 1.165) is 11.1 Å². The normalized spacial score (nSPS) is 19.3. The van der Waals surface area contributed by atoms with Crippen LogP contribution in [0, 0.1) is 34.0 Å². The lowest BCUT2D eigenvalue weighted by molar-refractivity contribution is 0.741. The molecular weight excluding hydrogens is 368 g/mol. The zero-order valence-corrected chi connectivity index (χ0v) is 16.6. The van der Waals surface area contributed by atoms with Gasteiger partial charge in [-0.2, -0.15) is 15.8 Å². The Bertz CT molecular complexity index is 908. The molecule has 0 amide bonds. The Labute approximate surface area is 169 Å². The van der Waals surface area contributed by atoms with Crippen LogP contribution in [0.5, 0.6) is 0 Å². The first-order chi connectivity index (χ1) is 13.4. The molecule has 1 heterocycles. The maximum absolute atomic E-state index is 9.58. The van der Waals surface area contributed by atoms with Crippen LogP contribution in [0.4, 0.5) is 0 Å². The molecule has 4 atom stereocenters. The number of hydrogen-bond acceptors (Lipinski definition) is 7. The summed E-state index contributed by atoms with van der Waals surface area (Å²) in [4.78, 5) is 0. The van der Waals surface area contributed by atoms with E-state index in [-0.39, 0.29) is 34.0 Å². The van der Waals surface area contributed by atoms with Crippen LogP contribution in [-0.4, -0.2) is 16.7 Å². The lowest BCUT2D eigenvalue weighted by atomic mass is 10.0. The Hall–Kier alpha value is -3.02. The lowest BCUT2D eigenvalue weighted by Crippen LogP contribution is -2.26. The fourth-order valence-corrected chi connectivity index (χ4v) is 3.96. The van der Waals surface area contributed by atoms with Gasteiger partial charge < -0.3 is 16.8 Å². The molecule has 1 aliphatic heterocycles. The summed E-state index contributed by atoms with van der Waals surface area (Å²) in [6, 6.07) is 15.1. The SMILES string of the molecule is CC(N)SC(/C=C/C1=C(C#N)C(=C(C#N)C#N)NC1C)C(N)c1ccccc1. The van der Waals surface area contributed by atoms with E-state index in [9.17, 15) is 5.26 Å². The molecule has 142 valence electrons. The van der Waals surface area contributed by atoms with Gasteiger partial charge in [-0.05, 0) is 25.0 Å². The minimum atomic E-state index is -0.270. The van der Waals surface area contributed by atoms with Gasteiger partial charge in [0.1, 0.15) is 18.2 Å². The first-order valence-electron chi connectivity index (χ1n) is 8.78. The highest BCUT2D eigenvalue weighted by atomic mass is 32.2. The van der Waals surface area contributed by atoms with Crippen molar-refractivity contribution < 1.29 is 0 Å². The molecule has 0 radical (unpaired) electrons. The summed E-state index contributed by atoms with van der Waals surface area (Å²) >= 11 is 1.54. The molecule has 0 saturated carbocycles. The van der Waals surface area contributed by atoms with Gasteiger partial charge in [0.15, 0.2) is 5.57 Å². The minimum Gasteiger partial charge on any atom is -0.376 e. The Morgan fingerprint density at radius 1 is 1.18 bits per heavy atom. The van der Waals surface area contributed by atoms with Crippen molar-refractivity contribution in [2.24, 2.45) is 11.5 Å². The molecule has 1 aromatic rings. The number of benzene rings is 1. The van der Waals surface area contributed by atoms with Crippen LogP contribution in [0.2, 0.25) is 0 Å². The third-order valence-corrected chi connectivity index (χ3v) is 5.52. The minimum absolute atomic E-state index is 0.103. The summed E-state index contributed by atoms with van der Waals surface area (Å²) in [6.07, 6.45) is 3.79. The van der Waals surface area contributed by atoms with E-state index in [4.69, 9.17) is 22.0 Å². The quantitative estimate of drug-likeness (QED) is 0.502. The second kappa shape index (κ2) is 9.78. The van der Waals surface area contributed by atoms with E-state index >= 15 is 0 Å². The highest BCUT2D eigenvalue weighted by Gasteiger charge is 2.28. The van der Waals surface area contributed by atoms with E-state index in [1.165, 1.54) is 11.8 Å². The highest BCUT2D eigenvalue weighted by Crippen LogP contribution is 2.31. The van der Waals surface area contributed by atoms with E-state index in [1.54, 1.807) is 0 Å². The Balaban J connectivity index is 2.42. The summed E-state index contributed by atoms with van der Waals surface area (Å²) < 4.78 is 0. The molecule has 0 saturated heterocycles. The van der Waals surface area contributed by atoms with Crippen molar-refractivity contribution in [2.45, 2.75) is 36.6 Å². The topological polar surface area (TPSA) is 135 Å². The maximum atomic E-state index is 9.58. The van der Waals surface area contributed by atoms with Crippen LogP contribution in [0.25, 0.3) is 0 Å². The Kier molecular flexibility index (Phi) is 7.44. The number of nitrogens with zero attached hydrogens (tertiary/aromatic N) is 3. The standard InChI is InChI=1S/C21H22N6S/c1-13-17(18(12-24)21(27-13)16(10-22)11-23)8-9-19(28-14(2)25)20(26)15-6-4-3-5-7-15/h3-9,13-14,19-20,27H,25-26H2,1-2H3/b9-8+. The van der Waals surface area contributed by atoms with Gasteiger partial charge in [-0.1, -0.05) is 42.5 Å². The maximum Gasteiger partial charge on any atom is 0.154 e. The number of nitrogens with two attached hydrogens (primary N) is 2. The van der Waals surface area contributed by atoms with Crippen LogP contribution in [-0.2, 0) is 0 Å². The second-order valence-electron chi connectivity index (χ2n) is 6.38. The number of nitriles is 3. The predicted octanol–water partition coefficient (Wildman–Crippen LogP) is 2.76. The summed E-state index contributed by atoms with van der Waals surface area (Å²) in [7, 11) is 0. The fourth-order valence-electron chi connectivity index (χ4n) is 2.97. The molecular formula is C21H22N6S. The third kappa shape index (κ3) is 4.82. The van der Waals surface area contributed by atoms with Crippen LogP contribution in [0.3, 0.4) is 0 Å². The molecule has 0 bridgehead atoms. The average molecular weight is 391 g/mol. The zero-order valence-electron chi connectivity index (χ0n) is 15.8. The average Bonchev–Trinajstić information content (AvgIpc) is 3.01. The van der Waals surface area contributed by atoms with Crippen molar-refractivity contribution in [2.75, 3.05) is 0 Å². The Morgan fingerprint density at radius 2 is 1.82 bits per heavy atom. The van der Waals surface area contributed by atoms with Gasteiger partial charge >= 0.3 is 0 Å². The number of nitrogens with one attached hydrogen (secondary N) is 1. The van der Waals surface area contributed by atoms with Crippen molar-refractivity contribution in [3.05, 3.63) is 70.5 Å². The predicted molar refractivity (Wildman–Crippen MR) is 111 cm³/mol. The van der Waals surface area contributed by atoms with Crippen molar-refractivity contribution in [3.8, 4) is 18.2 Å². The molecule has 0 aromatic heterocycles. The summed E-state index contributed by atoms with van der Waals surface area (Å²) in [6.45, 7) is 3.77. The largest absolute Gasteiger partial charge is 0.376 e. The van der Waals surface area contributed by atoms with Gasteiger partial charge in [-0.15, -0.1) is 11.8 Å². The van der Waals surface area contributed by atoms with Crippen LogP contribution in [0.1, 0.15) is 25.5 Å². The summed E-state index contributed by atoms with van der Waals surface area (Å²) in [5, 5.41) is 30.7. The number of rotatable bonds is 6. The molecule has 7 heteroatoms. The fraction of sp³-hybridized carbons (Fsp3) is 0.286. The first kappa shape index (κ1) is 21.3. The van der Waals surface area contributed by atoms with Gasteiger partial charge in [0.25, 0.3) is 0 Å². The summed E-state index contributed by atoms with van der Waals surface area (Å²) in [5.41, 5.74) is 14.7. The number of thioether (sulfide) groups is 1. The van der Waals surface area contributed by atoms with Gasteiger partial charge in [-0.3, -0.25) is 0 Å². The third-order valence-electron chi connectivity index (χ3n) is 4.33. The van der Waals surface area contributed by atoms with E-state index in [2.05, 4.69) is 11.4 Å². The van der Waals surface area contributed by atoms with Crippen molar-refractivity contribution in [3.63, 3.8) is 0 Å².